The Labute approximate surface area is 173 Å². The number of imidazole rings is 1. The molecular formula is C23H35N5O. The number of nitrogens with one attached hydrogen (secondary N) is 1. The van der Waals surface area contributed by atoms with E-state index >= 15 is 0 Å². The van der Waals surface area contributed by atoms with Gasteiger partial charge in [0.2, 0.25) is 0 Å². The molecule has 1 spiro atoms. The van der Waals surface area contributed by atoms with Crippen LogP contribution in [0.15, 0.2) is 23.0 Å². The second kappa shape index (κ2) is 7.47. The highest BCUT2D eigenvalue weighted by Crippen LogP contribution is 2.43. The summed E-state index contributed by atoms with van der Waals surface area (Å²) in [4.78, 5) is 22.8. The van der Waals surface area contributed by atoms with E-state index in [1.54, 1.807) is 4.57 Å². The van der Waals surface area contributed by atoms with E-state index in [-0.39, 0.29) is 5.69 Å². The first kappa shape index (κ1) is 19.2. The van der Waals surface area contributed by atoms with Gasteiger partial charge in [0.1, 0.15) is 0 Å². The van der Waals surface area contributed by atoms with Gasteiger partial charge >= 0.3 is 5.69 Å². The highest BCUT2D eigenvalue weighted by atomic mass is 16.1. The summed E-state index contributed by atoms with van der Waals surface area (Å²) in [6.45, 7) is 8.59. The van der Waals surface area contributed by atoms with Crippen LogP contribution in [0.1, 0.15) is 32.1 Å². The van der Waals surface area contributed by atoms with Gasteiger partial charge in [0.05, 0.1) is 16.7 Å². The van der Waals surface area contributed by atoms with Crippen LogP contribution in [0.3, 0.4) is 0 Å². The molecule has 3 aliphatic heterocycles. The molecule has 2 aromatic rings. The fourth-order valence-corrected chi connectivity index (χ4v) is 5.91. The van der Waals surface area contributed by atoms with Crippen LogP contribution in [-0.2, 0) is 7.05 Å². The van der Waals surface area contributed by atoms with Gasteiger partial charge in [-0.3, -0.25) is 4.57 Å². The first-order chi connectivity index (χ1) is 14.0. The molecule has 0 radical (unpaired) electrons. The summed E-state index contributed by atoms with van der Waals surface area (Å²) in [5, 5.41) is 0. The van der Waals surface area contributed by atoms with E-state index in [4.69, 9.17) is 0 Å². The van der Waals surface area contributed by atoms with Crippen LogP contribution < -0.4 is 10.6 Å². The molecule has 3 fully saturated rings. The van der Waals surface area contributed by atoms with Crippen molar-refractivity contribution in [1.29, 1.82) is 0 Å². The smallest absolute Gasteiger partial charge is 0.326 e. The second-order valence-electron chi connectivity index (χ2n) is 9.88. The molecule has 3 saturated heterocycles. The summed E-state index contributed by atoms with van der Waals surface area (Å²) in [5.74, 6) is 0.896. The Hall–Kier alpha value is -1.79. The number of hydrogen-bond donors (Lipinski definition) is 1. The molecule has 0 unspecified atom stereocenters. The zero-order valence-electron chi connectivity index (χ0n) is 18.0. The van der Waals surface area contributed by atoms with Crippen molar-refractivity contribution in [2.45, 2.75) is 32.1 Å². The third-order valence-corrected chi connectivity index (χ3v) is 7.95. The lowest BCUT2D eigenvalue weighted by molar-refractivity contribution is 0.0905. The fourth-order valence-electron chi connectivity index (χ4n) is 5.91. The third-order valence-electron chi connectivity index (χ3n) is 7.95. The zero-order chi connectivity index (χ0) is 20.0. The van der Waals surface area contributed by atoms with Crippen molar-refractivity contribution in [3.05, 3.63) is 28.7 Å². The number of hydrogen-bond acceptors (Lipinski definition) is 4. The van der Waals surface area contributed by atoms with Crippen LogP contribution in [0.5, 0.6) is 0 Å². The van der Waals surface area contributed by atoms with Gasteiger partial charge in [-0.25, -0.2) is 4.79 Å². The minimum Gasteiger partial charge on any atom is -0.369 e. The minimum atomic E-state index is -0.0245. The molecule has 0 atom stereocenters. The maximum atomic E-state index is 12.1. The molecule has 0 saturated carbocycles. The average molecular weight is 398 g/mol. The summed E-state index contributed by atoms with van der Waals surface area (Å²) < 4.78 is 1.76. The lowest BCUT2D eigenvalue weighted by Gasteiger charge is -2.41. The standard InChI is InChI=1S/C23H35N5O/c1-25-11-6-18(7-12-25)16-27-13-8-23(9-14-27)10-15-28(17-23)20-5-3-4-19-21(20)26(2)22(29)24-19/h3-5,18H,6-17H2,1-2H3,(H,24,29). The minimum absolute atomic E-state index is 0.0245. The van der Waals surface area contributed by atoms with E-state index in [0.717, 1.165) is 30.0 Å². The highest BCUT2D eigenvalue weighted by Gasteiger charge is 2.41. The SMILES string of the molecule is CN1CCC(CN2CCC3(CC2)CCN(c2cccc4[nH]c(=O)n(C)c24)C3)CC1. The van der Waals surface area contributed by atoms with Gasteiger partial charge in [-0.1, -0.05) is 6.07 Å². The number of rotatable bonds is 3. The van der Waals surface area contributed by atoms with E-state index in [1.165, 1.54) is 70.5 Å². The first-order valence-electron chi connectivity index (χ1n) is 11.4. The van der Waals surface area contributed by atoms with Crippen LogP contribution in [0.2, 0.25) is 0 Å². The number of anilines is 1. The number of piperidine rings is 2. The van der Waals surface area contributed by atoms with E-state index < -0.39 is 0 Å². The molecule has 4 heterocycles. The predicted molar refractivity (Wildman–Crippen MR) is 119 cm³/mol. The van der Waals surface area contributed by atoms with Crippen LogP contribution in [0, 0.1) is 11.3 Å². The van der Waals surface area contributed by atoms with E-state index in [0.29, 0.717) is 5.41 Å². The van der Waals surface area contributed by atoms with Crippen molar-refractivity contribution in [3.8, 4) is 0 Å². The van der Waals surface area contributed by atoms with E-state index in [9.17, 15) is 4.79 Å². The van der Waals surface area contributed by atoms with Gasteiger partial charge in [-0.05, 0) is 88.8 Å². The Kier molecular flexibility index (Phi) is 4.95. The molecule has 0 aliphatic carbocycles. The lowest BCUT2D eigenvalue weighted by Crippen LogP contribution is -2.44. The molecule has 1 N–H and O–H groups in total. The summed E-state index contributed by atoms with van der Waals surface area (Å²) in [6, 6.07) is 6.26. The first-order valence-corrected chi connectivity index (χ1v) is 11.4. The van der Waals surface area contributed by atoms with Gasteiger partial charge in [-0.2, -0.15) is 0 Å². The summed E-state index contributed by atoms with van der Waals surface area (Å²) in [7, 11) is 4.12. The molecule has 6 nitrogen and oxygen atoms in total. The van der Waals surface area contributed by atoms with Crippen LogP contribution >= 0.6 is 0 Å². The van der Waals surface area contributed by atoms with Gasteiger partial charge in [-0.15, -0.1) is 0 Å². The van der Waals surface area contributed by atoms with Gasteiger partial charge in [0, 0.05) is 26.7 Å². The Balaban J connectivity index is 1.23. The Morgan fingerprint density at radius 2 is 1.76 bits per heavy atom. The third kappa shape index (κ3) is 3.61. The molecule has 0 bridgehead atoms. The van der Waals surface area contributed by atoms with Crippen molar-refractivity contribution < 1.29 is 0 Å². The summed E-state index contributed by atoms with van der Waals surface area (Å²) in [5.41, 5.74) is 3.65. The molecule has 5 rings (SSSR count). The molecule has 1 aromatic heterocycles. The van der Waals surface area contributed by atoms with Crippen molar-refractivity contribution in [2.75, 3.05) is 57.8 Å². The van der Waals surface area contributed by atoms with Crippen molar-refractivity contribution in [1.82, 2.24) is 19.4 Å². The normalized spacial score (nSPS) is 24.1. The monoisotopic (exact) mass is 397 g/mol. The van der Waals surface area contributed by atoms with Crippen LogP contribution in [0.25, 0.3) is 11.0 Å². The topological polar surface area (TPSA) is 47.5 Å². The average Bonchev–Trinajstić information content (AvgIpc) is 3.27. The van der Waals surface area contributed by atoms with Gasteiger partial charge in [0.25, 0.3) is 0 Å². The molecule has 1 aromatic carbocycles. The zero-order valence-corrected chi connectivity index (χ0v) is 18.0. The Morgan fingerprint density at radius 3 is 2.52 bits per heavy atom. The number of likely N-dealkylation sites (tertiary alicyclic amines) is 2. The van der Waals surface area contributed by atoms with Crippen molar-refractivity contribution >= 4 is 16.7 Å². The number of fused-ring (bicyclic) bond motifs is 1. The summed E-state index contributed by atoms with van der Waals surface area (Å²) in [6.07, 6.45) is 6.65. The maximum Gasteiger partial charge on any atom is 0.326 e. The second-order valence-corrected chi connectivity index (χ2v) is 9.88. The number of aromatic nitrogens is 2. The number of para-hydroxylation sites is 1. The molecule has 6 heteroatoms. The van der Waals surface area contributed by atoms with Crippen LogP contribution in [0.4, 0.5) is 5.69 Å². The molecular weight excluding hydrogens is 362 g/mol. The molecule has 29 heavy (non-hydrogen) atoms. The Bertz CT molecular complexity index is 915. The molecule has 0 amide bonds. The number of benzene rings is 1. The number of aryl methyl sites for hydroxylation is 1. The number of H-pyrrole nitrogens is 1. The quantitative estimate of drug-likeness (QED) is 0.865. The number of nitrogens with zero attached hydrogens (tertiary/aromatic N) is 4. The molecule has 3 aliphatic rings. The maximum absolute atomic E-state index is 12.1. The van der Waals surface area contributed by atoms with Gasteiger partial charge in [0.15, 0.2) is 0 Å². The Morgan fingerprint density at radius 1 is 1.03 bits per heavy atom. The van der Waals surface area contributed by atoms with E-state index in [2.05, 4.69) is 38.9 Å². The predicted octanol–water partition coefficient (Wildman–Crippen LogP) is 2.50. The fraction of sp³-hybridized carbons (Fsp3) is 0.696. The highest BCUT2D eigenvalue weighted by molar-refractivity contribution is 5.89. The van der Waals surface area contributed by atoms with Crippen molar-refractivity contribution in [3.63, 3.8) is 0 Å². The van der Waals surface area contributed by atoms with E-state index in [1.807, 2.05) is 13.1 Å². The van der Waals surface area contributed by atoms with Gasteiger partial charge < -0.3 is 19.7 Å². The molecule has 158 valence electrons. The lowest BCUT2D eigenvalue weighted by atomic mass is 9.77. The largest absolute Gasteiger partial charge is 0.369 e. The number of aromatic amines is 1. The van der Waals surface area contributed by atoms with Crippen LogP contribution in [-0.4, -0.2) is 72.2 Å². The van der Waals surface area contributed by atoms with Crippen molar-refractivity contribution in [2.24, 2.45) is 18.4 Å². The summed E-state index contributed by atoms with van der Waals surface area (Å²) >= 11 is 0.